The van der Waals surface area contributed by atoms with Gasteiger partial charge in [-0.3, -0.25) is 0 Å². The molecule has 3 nitrogen and oxygen atoms in total. The minimum atomic E-state index is 0.301. The van der Waals surface area contributed by atoms with Crippen molar-refractivity contribution >= 4 is 26.9 Å². The predicted molar refractivity (Wildman–Crippen MR) is 52.5 cm³/mol. The van der Waals surface area contributed by atoms with Crippen LogP contribution in [0, 0.1) is 0 Å². The van der Waals surface area contributed by atoms with Gasteiger partial charge in [-0.1, -0.05) is 12.1 Å². The summed E-state index contributed by atoms with van der Waals surface area (Å²) in [5.74, 6) is 0.698. The van der Waals surface area contributed by atoms with Crippen LogP contribution in [-0.2, 0) is 6.54 Å². The van der Waals surface area contributed by atoms with Crippen LogP contribution in [0.2, 0.25) is 0 Å². The minimum absolute atomic E-state index is 0.301. The fourth-order valence-corrected chi connectivity index (χ4v) is 1.80. The number of fused-ring (bicyclic) bond motifs is 1. The molecule has 2 N–H and O–H groups in total. The monoisotopic (exact) mass is 241 g/mol. The van der Waals surface area contributed by atoms with Crippen molar-refractivity contribution in [3.63, 3.8) is 0 Å². The van der Waals surface area contributed by atoms with Crippen LogP contribution in [0.5, 0.6) is 0 Å². The van der Waals surface area contributed by atoms with E-state index in [9.17, 15) is 0 Å². The van der Waals surface area contributed by atoms with Crippen LogP contribution >= 0.6 is 15.9 Å². The number of halogens is 1. The molecule has 0 saturated heterocycles. The summed E-state index contributed by atoms with van der Waals surface area (Å²) in [5.41, 5.74) is 2.88. The van der Waals surface area contributed by atoms with E-state index in [1.165, 1.54) is 0 Å². The molecule has 1 aromatic heterocycles. The first-order valence-corrected chi connectivity index (χ1v) is 4.65. The molecule has 1 heterocycles. The van der Waals surface area contributed by atoms with Crippen molar-refractivity contribution in [2.24, 2.45) is 0 Å². The van der Waals surface area contributed by atoms with Crippen molar-refractivity contribution in [2.75, 3.05) is 0 Å². The SMILES string of the molecule is ONCc1oc2ccccc2c1Br. The van der Waals surface area contributed by atoms with Gasteiger partial charge in [0.05, 0.1) is 11.0 Å². The molecule has 0 aliphatic carbocycles. The lowest BCUT2D eigenvalue weighted by atomic mass is 10.2. The summed E-state index contributed by atoms with van der Waals surface area (Å²) in [5, 5.41) is 9.56. The van der Waals surface area contributed by atoms with Crippen molar-refractivity contribution in [1.82, 2.24) is 5.48 Å². The Hall–Kier alpha value is -0.840. The maximum Gasteiger partial charge on any atom is 0.135 e. The molecule has 0 fully saturated rings. The van der Waals surface area contributed by atoms with E-state index in [-0.39, 0.29) is 0 Å². The molecule has 13 heavy (non-hydrogen) atoms. The van der Waals surface area contributed by atoms with E-state index in [0.29, 0.717) is 12.3 Å². The van der Waals surface area contributed by atoms with Crippen LogP contribution in [-0.4, -0.2) is 5.21 Å². The van der Waals surface area contributed by atoms with Gasteiger partial charge in [-0.15, -0.1) is 0 Å². The van der Waals surface area contributed by atoms with E-state index >= 15 is 0 Å². The second-order valence-electron chi connectivity index (χ2n) is 2.67. The third kappa shape index (κ3) is 1.48. The Kier molecular flexibility index (Phi) is 2.35. The molecule has 4 heteroatoms. The highest BCUT2D eigenvalue weighted by atomic mass is 79.9. The molecule has 2 aromatic rings. The topological polar surface area (TPSA) is 45.4 Å². The highest BCUT2D eigenvalue weighted by molar-refractivity contribution is 9.10. The maximum absolute atomic E-state index is 8.54. The van der Waals surface area contributed by atoms with E-state index in [2.05, 4.69) is 21.4 Å². The molecule has 68 valence electrons. The quantitative estimate of drug-likeness (QED) is 0.795. The number of furan rings is 1. The summed E-state index contributed by atoms with van der Waals surface area (Å²) in [7, 11) is 0. The van der Waals surface area contributed by atoms with Gasteiger partial charge in [0.2, 0.25) is 0 Å². The number of para-hydroxylation sites is 1. The highest BCUT2D eigenvalue weighted by Crippen LogP contribution is 2.30. The number of hydrogen-bond donors (Lipinski definition) is 2. The van der Waals surface area contributed by atoms with Gasteiger partial charge < -0.3 is 9.62 Å². The molecule has 0 saturated carbocycles. The lowest BCUT2D eigenvalue weighted by Gasteiger charge is -1.92. The normalized spacial score (nSPS) is 10.9. The summed E-state index contributed by atoms with van der Waals surface area (Å²) in [6.45, 7) is 0.301. The van der Waals surface area contributed by atoms with Crippen LogP contribution in [0.15, 0.2) is 33.2 Å². The van der Waals surface area contributed by atoms with E-state index in [0.717, 1.165) is 15.4 Å². The first kappa shape index (κ1) is 8.74. The second-order valence-corrected chi connectivity index (χ2v) is 3.46. The van der Waals surface area contributed by atoms with Crippen LogP contribution in [0.3, 0.4) is 0 Å². The van der Waals surface area contributed by atoms with Crippen LogP contribution in [0.4, 0.5) is 0 Å². The largest absolute Gasteiger partial charge is 0.458 e. The number of benzene rings is 1. The predicted octanol–water partition coefficient (Wildman–Crippen LogP) is 2.67. The van der Waals surface area contributed by atoms with E-state index < -0.39 is 0 Å². The zero-order valence-electron chi connectivity index (χ0n) is 6.75. The van der Waals surface area contributed by atoms with Crippen molar-refractivity contribution in [3.8, 4) is 0 Å². The van der Waals surface area contributed by atoms with Gasteiger partial charge in [0.15, 0.2) is 0 Å². The average Bonchev–Trinajstić information content (AvgIpc) is 2.46. The van der Waals surface area contributed by atoms with Gasteiger partial charge in [-0.05, 0) is 28.1 Å². The second kappa shape index (κ2) is 3.49. The smallest absolute Gasteiger partial charge is 0.135 e. The van der Waals surface area contributed by atoms with E-state index in [1.807, 2.05) is 24.3 Å². The number of hydrogen-bond acceptors (Lipinski definition) is 3. The summed E-state index contributed by atoms with van der Waals surface area (Å²) < 4.78 is 6.36. The average molecular weight is 242 g/mol. The van der Waals surface area contributed by atoms with E-state index in [4.69, 9.17) is 9.62 Å². The number of rotatable bonds is 2. The lowest BCUT2D eigenvalue weighted by molar-refractivity contribution is 0.154. The zero-order chi connectivity index (χ0) is 9.26. The Labute approximate surface area is 83.4 Å². The molecular weight excluding hydrogens is 234 g/mol. The van der Waals surface area contributed by atoms with Crippen LogP contribution < -0.4 is 5.48 Å². The van der Waals surface area contributed by atoms with Crippen LogP contribution in [0.1, 0.15) is 5.76 Å². The molecule has 0 atom stereocenters. The Morgan fingerprint density at radius 1 is 1.38 bits per heavy atom. The standard InChI is InChI=1S/C9H8BrNO2/c10-9-6-3-1-2-4-7(6)13-8(9)5-11-12/h1-4,11-12H,5H2. The molecule has 0 spiro atoms. The maximum atomic E-state index is 8.54. The van der Waals surface area contributed by atoms with Gasteiger partial charge in [-0.25, -0.2) is 0 Å². The molecule has 0 radical (unpaired) electrons. The third-order valence-corrected chi connectivity index (χ3v) is 2.71. The highest BCUT2D eigenvalue weighted by Gasteiger charge is 2.09. The van der Waals surface area contributed by atoms with Gasteiger partial charge in [0.25, 0.3) is 0 Å². The molecule has 1 aromatic carbocycles. The first-order valence-electron chi connectivity index (χ1n) is 3.86. The molecule has 0 aliphatic rings. The van der Waals surface area contributed by atoms with Crippen molar-refractivity contribution in [2.45, 2.75) is 6.54 Å². The van der Waals surface area contributed by atoms with E-state index in [1.54, 1.807) is 0 Å². The number of hydroxylamine groups is 1. The Bertz CT molecular complexity index is 424. The fraction of sp³-hybridized carbons (Fsp3) is 0.111. The minimum Gasteiger partial charge on any atom is -0.458 e. The summed E-state index contributed by atoms with van der Waals surface area (Å²) in [4.78, 5) is 0. The Morgan fingerprint density at radius 2 is 2.15 bits per heavy atom. The zero-order valence-corrected chi connectivity index (χ0v) is 8.34. The Balaban J connectivity index is 2.60. The fourth-order valence-electron chi connectivity index (χ4n) is 1.25. The van der Waals surface area contributed by atoms with Gasteiger partial charge >= 0.3 is 0 Å². The van der Waals surface area contributed by atoms with Crippen molar-refractivity contribution in [3.05, 3.63) is 34.5 Å². The van der Waals surface area contributed by atoms with Crippen LogP contribution in [0.25, 0.3) is 11.0 Å². The number of nitrogens with one attached hydrogen (secondary N) is 1. The molecule has 0 aliphatic heterocycles. The summed E-state index contributed by atoms with van der Waals surface area (Å²) in [6, 6.07) is 7.71. The first-order chi connectivity index (χ1) is 6.33. The van der Waals surface area contributed by atoms with Gasteiger partial charge in [-0.2, -0.15) is 5.48 Å². The Morgan fingerprint density at radius 3 is 2.85 bits per heavy atom. The van der Waals surface area contributed by atoms with Crippen molar-refractivity contribution < 1.29 is 9.62 Å². The summed E-state index contributed by atoms with van der Waals surface area (Å²) >= 11 is 3.41. The molecule has 0 amide bonds. The molecular formula is C9H8BrNO2. The van der Waals surface area contributed by atoms with Gasteiger partial charge in [0.1, 0.15) is 11.3 Å². The van der Waals surface area contributed by atoms with Gasteiger partial charge in [0, 0.05) is 5.39 Å². The third-order valence-electron chi connectivity index (χ3n) is 1.84. The molecule has 0 bridgehead atoms. The molecule has 2 rings (SSSR count). The molecule has 0 unspecified atom stereocenters. The summed E-state index contributed by atoms with van der Waals surface area (Å²) in [6.07, 6.45) is 0. The van der Waals surface area contributed by atoms with Crippen molar-refractivity contribution in [1.29, 1.82) is 0 Å². The lowest BCUT2D eigenvalue weighted by Crippen LogP contribution is -2.05.